The van der Waals surface area contributed by atoms with Gasteiger partial charge in [-0.2, -0.15) is 18.3 Å². The number of hydrogen-bond donors (Lipinski definition) is 3. The number of nitrogens with two attached hydrogens (primary N) is 1. The zero-order chi connectivity index (χ0) is 32.6. The zero-order valence-corrected chi connectivity index (χ0v) is 24.6. The lowest BCUT2D eigenvalue weighted by Gasteiger charge is -2.29. The number of carbonyl (C=O) groups is 1. The minimum atomic E-state index is -4.75. The molecule has 238 valence electrons. The molecule has 0 saturated carbocycles. The van der Waals surface area contributed by atoms with Crippen molar-refractivity contribution in [3.63, 3.8) is 0 Å². The SMILES string of the molecule is COc1cc(-c2nn(-c3ccc(CN4CCC(O)CC4)cc3)c3ncnc(N)c23)ccc1NC(=O)c1ccc(C(F)(F)F)cc1F. The Kier molecular flexibility index (Phi) is 8.32. The number of anilines is 2. The van der Waals surface area contributed by atoms with Gasteiger partial charge in [0.1, 0.15) is 29.4 Å². The molecule has 0 bridgehead atoms. The van der Waals surface area contributed by atoms with E-state index in [1.807, 2.05) is 24.3 Å². The highest BCUT2D eigenvalue weighted by molar-refractivity contribution is 6.06. The van der Waals surface area contributed by atoms with Crippen LogP contribution in [-0.2, 0) is 12.7 Å². The average Bonchev–Trinajstić information content (AvgIpc) is 3.43. The lowest BCUT2D eigenvalue weighted by Crippen LogP contribution is -2.35. The van der Waals surface area contributed by atoms with Crippen LogP contribution in [0.15, 0.2) is 67.0 Å². The molecule has 0 aliphatic carbocycles. The molecule has 46 heavy (non-hydrogen) atoms. The van der Waals surface area contributed by atoms with Gasteiger partial charge in [-0.3, -0.25) is 9.69 Å². The predicted molar refractivity (Wildman–Crippen MR) is 163 cm³/mol. The van der Waals surface area contributed by atoms with Crippen LogP contribution < -0.4 is 15.8 Å². The highest BCUT2D eigenvalue weighted by atomic mass is 19.4. The number of nitrogens with one attached hydrogen (secondary N) is 1. The first-order chi connectivity index (χ1) is 22.0. The van der Waals surface area contributed by atoms with Gasteiger partial charge < -0.3 is 20.9 Å². The summed E-state index contributed by atoms with van der Waals surface area (Å²) < 4.78 is 60.4. The van der Waals surface area contributed by atoms with E-state index in [1.54, 1.807) is 16.8 Å². The highest BCUT2D eigenvalue weighted by Crippen LogP contribution is 2.36. The van der Waals surface area contributed by atoms with Crippen molar-refractivity contribution in [1.82, 2.24) is 24.6 Å². The first kappa shape index (κ1) is 30.9. The van der Waals surface area contributed by atoms with Crippen molar-refractivity contribution in [2.24, 2.45) is 0 Å². The first-order valence-electron chi connectivity index (χ1n) is 14.4. The van der Waals surface area contributed by atoms with Crippen molar-refractivity contribution < 1.29 is 32.2 Å². The maximum absolute atomic E-state index is 14.4. The predicted octanol–water partition coefficient (Wildman–Crippen LogP) is 5.44. The van der Waals surface area contributed by atoms with Gasteiger partial charge >= 0.3 is 6.18 Å². The normalized spacial score (nSPS) is 14.5. The Morgan fingerprint density at radius 1 is 1.07 bits per heavy atom. The van der Waals surface area contributed by atoms with Crippen LogP contribution in [0, 0.1) is 5.82 Å². The number of halogens is 4. The smallest absolute Gasteiger partial charge is 0.416 e. The van der Waals surface area contributed by atoms with Gasteiger partial charge in [0.2, 0.25) is 0 Å². The Morgan fingerprint density at radius 2 is 1.80 bits per heavy atom. The summed E-state index contributed by atoms with van der Waals surface area (Å²) in [5, 5.41) is 17.6. The number of piperidine rings is 1. The third-order valence-electron chi connectivity index (χ3n) is 7.90. The summed E-state index contributed by atoms with van der Waals surface area (Å²) in [5.41, 5.74) is 7.98. The standard InChI is InChI=1S/C32H29F4N7O3/c1-46-26-14-19(4-9-25(26)40-31(45)23-8-5-20(15-24(23)33)32(34,35)36)28-27-29(37)38-17-39-30(27)43(41-28)21-6-2-18(3-7-21)16-42-12-10-22(44)11-13-42/h2-9,14-15,17,22,44H,10-13,16H2,1H3,(H,40,45)(H2,37,38,39). The first-order valence-corrected chi connectivity index (χ1v) is 14.4. The number of benzene rings is 3. The maximum Gasteiger partial charge on any atom is 0.416 e. The minimum absolute atomic E-state index is 0.155. The summed E-state index contributed by atoms with van der Waals surface area (Å²) in [6.45, 7) is 2.44. The summed E-state index contributed by atoms with van der Waals surface area (Å²) in [6, 6.07) is 14.3. The average molecular weight is 636 g/mol. The van der Waals surface area contributed by atoms with Crippen molar-refractivity contribution in [3.8, 4) is 22.7 Å². The molecule has 3 aromatic carbocycles. The van der Waals surface area contributed by atoms with Crippen molar-refractivity contribution in [1.29, 1.82) is 0 Å². The number of nitrogens with zero attached hydrogens (tertiary/aromatic N) is 5. The molecule has 5 aromatic rings. The molecule has 3 heterocycles. The summed E-state index contributed by atoms with van der Waals surface area (Å²) in [7, 11) is 1.37. The van der Waals surface area contributed by atoms with Crippen LogP contribution in [0.3, 0.4) is 0 Å². The van der Waals surface area contributed by atoms with E-state index in [-0.39, 0.29) is 29.4 Å². The van der Waals surface area contributed by atoms with E-state index in [4.69, 9.17) is 15.6 Å². The fourth-order valence-corrected chi connectivity index (χ4v) is 5.44. The van der Waals surface area contributed by atoms with Crippen molar-refractivity contribution in [2.45, 2.75) is 31.7 Å². The van der Waals surface area contributed by atoms with Crippen LogP contribution in [0.2, 0.25) is 0 Å². The highest BCUT2D eigenvalue weighted by Gasteiger charge is 2.32. The number of aliphatic hydroxyl groups excluding tert-OH is 1. The van der Waals surface area contributed by atoms with E-state index >= 15 is 0 Å². The number of fused-ring (bicyclic) bond motifs is 1. The van der Waals surface area contributed by atoms with E-state index in [0.717, 1.165) is 49.8 Å². The number of hydrogen-bond acceptors (Lipinski definition) is 8. The van der Waals surface area contributed by atoms with Gasteiger partial charge in [-0.05, 0) is 60.9 Å². The Bertz CT molecular complexity index is 1900. The molecule has 14 heteroatoms. The molecule has 0 spiro atoms. The van der Waals surface area contributed by atoms with Gasteiger partial charge in [-0.1, -0.05) is 18.2 Å². The maximum atomic E-state index is 14.4. The number of aliphatic hydroxyl groups is 1. The molecule has 6 rings (SSSR count). The van der Waals surface area contributed by atoms with Crippen LogP contribution in [-0.4, -0.2) is 62.0 Å². The van der Waals surface area contributed by atoms with E-state index in [2.05, 4.69) is 20.2 Å². The van der Waals surface area contributed by atoms with E-state index in [1.165, 1.54) is 19.5 Å². The second-order valence-corrected chi connectivity index (χ2v) is 11.0. The lowest BCUT2D eigenvalue weighted by molar-refractivity contribution is -0.137. The summed E-state index contributed by atoms with van der Waals surface area (Å²) in [4.78, 5) is 23.7. The molecule has 0 radical (unpaired) electrons. The number of likely N-dealkylation sites (tertiary alicyclic amines) is 1. The van der Waals surface area contributed by atoms with Crippen molar-refractivity contribution >= 4 is 28.4 Å². The second kappa shape index (κ2) is 12.4. The Morgan fingerprint density at radius 3 is 2.48 bits per heavy atom. The van der Waals surface area contributed by atoms with Crippen LogP contribution in [0.1, 0.15) is 34.3 Å². The molecule has 4 N–H and O–H groups in total. The van der Waals surface area contributed by atoms with Crippen LogP contribution in [0.4, 0.5) is 29.1 Å². The fourth-order valence-electron chi connectivity index (χ4n) is 5.44. The van der Waals surface area contributed by atoms with Crippen molar-refractivity contribution in [3.05, 3.63) is 89.5 Å². The van der Waals surface area contributed by atoms with Gasteiger partial charge in [0.25, 0.3) is 5.91 Å². The Labute approximate surface area is 260 Å². The van der Waals surface area contributed by atoms with Gasteiger partial charge in [0.05, 0.1) is 41.1 Å². The lowest BCUT2D eigenvalue weighted by atomic mass is 10.1. The van der Waals surface area contributed by atoms with Gasteiger partial charge in [-0.15, -0.1) is 0 Å². The van der Waals surface area contributed by atoms with E-state index in [9.17, 15) is 27.5 Å². The molecule has 0 atom stereocenters. The minimum Gasteiger partial charge on any atom is -0.495 e. The third kappa shape index (κ3) is 6.21. The monoisotopic (exact) mass is 635 g/mol. The van der Waals surface area contributed by atoms with Crippen LogP contribution in [0.25, 0.3) is 28.0 Å². The van der Waals surface area contributed by atoms with E-state index in [0.29, 0.717) is 28.4 Å². The molecular weight excluding hydrogens is 606 g/mol. The summed E-state index contributed by atoms with van der Waals surface area (Å²) in [6.07, 6.45) is -2.11. The van der Waals surface area contributed by atoms with Crippen molar-refractivity contribution in [2.75, 3.05) is 31.2 Å². The Balaban J connectivity index is 1.28. The number of ether oxygens (including phenoxy) is 1. The molecule has 0 unspecified atom stereocenters. The molecule has 10 nitrogen and oxygen atoms in total. The molecule has 1 amide bonds. The Hall–Kier alpha value is -5.08. The zero-order valence-electron chi connectivity index (χ0n) is 24.6. The molecule has 2 aromatic heterocycles. The quantitative estimate of drug-likeness (QED) is 0.202. The van der Waals surface area contributed by atoms with Crippen LogP contribution >= 0.6 is 0 Å². The number of alkyl halides is 3. The molecule has 1 saturated heterocycles. The summed E-state index contributed by atoms with van der Waals surface area (Å²) >= 11 is 0. The number of methoxy groups -OCH3 is 1. The number of amides is 1. The number of nitrogen functional groups attached to an aromatic ring is 1. The number of rotatable bonds is 7. The fraction of sp³-hybridized carbons (Fsp3) is 0.250. The molecular formula is C32H29F4N7O3. The summed E-state index contributed by atoms with van der Waals surface area (Å²) in [5.74, 6) is -1.88. The molecule has 1 aliphatic rings. The molecule has 1 aliphatic heterocycles. The van der Waals surface area contributed by atoms with Crippen LogP contribution in [0.5, 0.6) is 5.75 Å². The van der Waals surface area contributed by atoms with Gasteiger partial charge in [0.15, 0.2) is 5.65 Å². The third-order valence-corrected chi connectivity index (χ3v) is 7.90. The number of carbonyl (C=O) groups excluding carboxylic acids is 1. The largest absolute Gasteiger partial charge is 0.495 e. The number of aromatic nitrogens is 4. The van der Waals surface area contributed by atoms with Gasteiger partial charge in [-0.25, -0.2) is 19.0 Å². The van der Waals surface area contributed by atoms with Gasteiger partial charge in [0, 0.05) is 25.2 Å². The van der Waals surface area contributed by atoms with E-state index < -0.39 is 29.0 Å². The topological polar surface area (TPSA) is 131 Å². The molecule has 1 fully saturated rings. The second-order valence-electron chi connectivity index (χ2n) is 11.0.